The van der Waals surface area contributed by atoms with Crippen molar-refractivity contribution in [1.29, 1.82) is 0 Å². The number of methoxy groups -OCH3 is 1. The number of H-pyrrole nitrogens is 1. The first kappa shape index (κ1) is 21.5. The van der Waals surface area contributed by atoms with E-state index in [4.69, 9.17) is 9.72 Å². The Balaban J connectivity index is 1.70. The van der Waals surface area contributed by atoms with Crippen LogP contribution in [-0.2, 0) is 14.3 Å². The van der Waals surface area contributed by atoms with Crippen molar-refractivity contribution < 1.29 is 14.3 Å². The van der Waals surface area contributed by atoms with Crippen LogP contribution in [0.15, 0.2) is 10.9 Å². The smallest absolute Gasteiger partial charge is 0.251 e. The zero-order valence-corrected chi connectivity index (χ0v) is 17.6. The number of carbonyl (C=O) groups is 2. The van der Waals surface area contributed by atoms with Gasteiger partial charge in [0.05, 0.1) is 5.69 Å². The number of carbonyl (C=O) groups excluding carboxylic acids is 2. The SMILES string of the molecule is COCC(=O)N1CCC[C@H](c2cc(=O)[nH]c(C3CCN(C(=O)C(C)C)CC3)n2)C1. The minimum Gasteiger partial charge on any atom is -0.375 e. The van der Waals surface area contributed by atoms with E-state index in [1.165, 1.54) is 7.11 Å². The molecule has 160 valence electrons. The summed E-state index contributed by atoms with van der Waals surface area (Å²) in [5.74, 6) is 1.08. The maximum Gasteiger partial charge on any atom is 0.251 e. The van der Waals surface area contributed by atoms with Crippen LogP contribution in [0.2, 0.25) is 0 Å². The summed E-state index contributed by atoms with van der Waals surface area (Å²) >= 11 is 0. The summed E-state index contributed by atoms with van der Waals surface area (Å²) < 4.78 is 4.97. The van der Waals surface area contributed by atoms with Gasteiger partial charge in [-0.15, -0.1) is 0 Å². The minimum atomic E-state index is -0.147. The Morgan fingerprint density at radius 2 is 1.90 bits per heavy atom. The standard InChI is InChI=1S/C21H32N4O4/c1-14(2)21(28)24-9-6-15(7-10-24)20-22-17(11-18(26)23-20)16-5-4-8-25(12-16)19(27)13-29-3/h11,14-16H,4-10,12-13H2,1-3H3,(H,22,23,26)/t16-/m0/s1. The maximum atomic E-state index is 12.3. The van der Waals surface area contributed by atoms with Crippen molar-refractivity contribution in [2.75, 3.05) is 39.9 Å². The quantitative estimate of drug-likeness (QED) is 0.802. The van der Waals surface area contributed by atoms with E-state index in [-0.39, 0.29) is 41.7 Å². The predicted molar refractivity (Wildman–Crippen MR) is 109 cm³/mol. The second kappa shape index (κ2) is 9.52. The normalized spacial score (nSPS) is 20.9. The third kappa shape index (κ3) is 5.23. The second-order valence-electron chi connectivity index (χ2n) is 8.42. The average Bonchev–Trinajstić information content (AvgIpc) is 2.73. The fraction of sp³-hybridized carbons (Fsp3) is 0.714. The van der Waals surface area contributed by atoms with Crippen LogP contribution >= 0.6 is 0 Å². The highest BCUT2D eigenvalue weighted by Gasteiger charge is 2.29. The van der Waals surface area contributed by atoms with Crippen LogP contribution in [0.1, 0.15) is 62.9 Å². The summed E-state index contributed by atoms with van der Waals surface area (Å²) in [6.45, 7) is 6.59. The molecule has 2 fully saturated rings. The van der Waals surface area contributed by atoms with E-state index >= 15 is 0 Å². The van der Waals surface area contributed by atoms with Gasteiger partial charge in [0.25, 0.3) is 5.56 Å². The van der Waals surface area contributed by atoms with Crippen molar-refractivity contribution in [2.45, 2.75) is 51.4 Å². The predicted octanol–water partition coefficient (Wildman–Crippen LogP) is 1.48. The molecule has 1 aromatic rings. The highest BCUT2D eigenvalue weighted by atomic mass is 16.5. The van der Waals surface area contributed by atoms with E-state index in [2.05, 4.69) is 4.98 Å². The Morgan fingerprint density at radius 3 is 2.55 bits per heavy atom. The van der Waals surface area contributed by atoms with Crippen molar-refractivity contribution in [1.82, 2.24) is 19.8 Å². The molecule has 0 spiro atoms. The Labute approximate surface area is 171 Å². The molecule has 1 atom stereocenters. The van der Waals surface area contributed by atoms with Gasteiger partial charge in [-0.05, 0) is 25.7 Å². The molecule has 0 saturated carbocycles. The summed E-state index contributed by atoms with van der Waals surface area (Å²) in [4.78, 5) is 48.1. The lowest BCUT2D eigenvalue weighted by atomic mass is 9.92. The number of hydrogen-bond acceptors (Lipinski definition) is 5. The number of rotatable bonds is 5. The average molecular weight is 405 g/mol. The molecular formula is C21H32N4O4. The van der Waals surface area contributed by atoms with Gasteiger partial charge in [-0.3, -0.25) is 14.4 Å². The topological polar surface area (TPSA) is 95.6 Å². The van der Waals surface area contributed by atoms with Gasteiger partial charge in [0.15, 0.2) is 0 Å². The van der Waals surface area contributed by atoms with Gasteiger partial charge in [0.2, 0.25) is 11.8 Å². The van der Waals surface area contributed by atoms with Gasteiger partial charge in [-0.25, -0.2) is 4.98 Å². The van der Waals surface area contributed by atoms with Crippen molar-refractivity contribution in [3.8, 4) is 0 Å². The molecule has 2 aliphatic heterocycles. The first-order valence-electron chi connectivity index (χ1n) is 10.6. The molecular weight excluding hydrogens is 372 g/mol. The van der Waals surface area contributed by atoms with Crippen LogP contribution in [0.3, 0.4) is 0 Å². The molecule has 2 amide bonds. The highest BCUT2D eigenvalue weighted by Crippen LogP contribution is 2.29. The highest BCUT2D eigenvalue weighted by molar-refractivity contribution is 5.78. The fourth-order valence-corrected chi connectivity index (χ4v) is 4.30. The molecule has 0 aliphatic carbocycles. The number of likely N-dealkylation sites (tertiary alicyclic amines) is 2. The zero-order valence-electron chi connectivity index (χ0n) is 17.6. The summed E-state index contributed by atoms with van der Waals surface area (Å²) in [5.41, 5.74) is 0.616. The molecule has 3 heterocycles. The summed E-state index contributed by atoms with van der Waals surface area (Å²) in [6, 6.07) is 1.57. The van der Waals surface area contributed by atoms with Crippen molar-refractivity contribution in [3.63, 3.8) is 0 Å². The molecule has 0 unspecified atom stereocenters. The van der Waals surface area contributed by atoms with E-state index in [1.54, 1.807) is 11.0 Å². The van der Waals surface area contributed by atoms with Crippen molar-refractivity contribution >= 4 is 11.8 Å². The van der Waals surface area contributed by atoms with Crippen LogP contribution in [0.25, 0.3) is 0 Å². The molecule has 1 N–H and O–H groups in total. The molecule has 8 heteroatoms. The number of nitrogens with zero attached hydrogens (tertiary/aromatic N) is 3. The number of aromatic amines is 1. The lowest BCUT2D eigenvalue weighted by molar-refractivity contribution is -0.136. The van der Waals surface area contributed by atoms with E-state index in [1.807, 2.05) is 18.7 Å². The Morgan fingerprint density at radius 1 is 1.17 bits per heavy atom. The third-order valence-electron chi connectivity index (χ3n) is 5.93. The van der Waals surface area contributed by atoms with E-state index in [0.29, 0.717) is 25.5 Å². The number of nitrogens with one attached hydrogen (secondary N) is 1. The first-order valence-corrected chi connectivity index (χ1v) is 10.6. The van der Waals surface area contributed by atoms with Gasteiger partial charge < -0.3 is 19.5 Å². The van der Waals surface area contributed by atoms with Crippen LogP contribution in [0.4, 0.5) is 0 Å². The van der Waals surface area contributed by atoms with Crippen molar-refractivity contribution in [2.24, 2.45) is 5.92 Å². The van der Waals surface area contributed by atoms with Gasteiger partial charge in [-0.2, -0.15) is 0 Å². The van der Waals surface area contributed by atoms with Crippen LogP contribution in [-0.4, -0.2) is 71.5 Å². The monoisotopic (exact) mass is 404 g/mol. The van der Waals surface area contributed by atoms with E-state index in [0.717, 1.165) is 37.9 Å². The van der Waals surface area contributed by atoms with Gasteiger partial charge in [0.1, 0.15) is 12.4 Å². The third-order valence-corrected chi connectivity index (χ3v) is 5.93. The van der Waals surface area contributed by atoms with Gasteiger partial charge in [-0.1, -0.05) is 13.8 Å². The lowest BCUT2D eigenvalue weighted by Crippen LogP contribution is -2.41. The Bertz CT molecular complexity index is 783. The maximum absolute atomic E-state index is 12.3. The number of ether oxygens (including phenoxy) is 1. The molecule has 0 radical (unpaired) electrons. The Hall–Kier alpha value is -2.22. The number of hydrogen-bond donors (Lipinski definition) is 1. The van der Waals surface area contributed by atoms with Gasteiger partial charge in [0, 0.05) is 57.1 Å². The summed E-state index contributed by atoms with van der Waals surface area (Å²) in [7, 11) is 1.52. The minimum absolute atomic E-state index is 0.00266. The first-order chi connectivity index (χ1) is 13.9. The Kier molecular flexibility index (Phi) is 7.05. The number of amides is 2. The molecule has 3 rings (SSSR count). The molecule has 8 nitrogen and oxygen atoms in total. The van der Waals surface area contributed by atoms with E-state index < -0.39 is 0 Å². The zero-order chi connectivity index (χ0) is 21.0. The number of aromatic nitrogens is 2. The second-order valence-corrected chi connectivity index (χ2v) is 8.42. The number of piperidine rings is 2. The van der Waals surface area contributed by atoms with Crippen LogP contribution < -0.4 is 5.56 Å². The molecule has 2 aliphatic rings. The van der Waals surface area contributed by atoms with Crippen LogP contribution in [0, 0.1) is 5.92 Å². The van der Waals surface area contributed by atoms with Crippen molar-refractivity contribution in [3.05, 3.63) is 27.9 Å². The molecule has 0 aromatic carbocycles. The largest absolute Gasteiger partial charge is 0.375 e. The fourth-order valence-electron chi connectivity index (χ4n) is 4.30. The molecule has 0 bridgehead atoms. The molecule has 2 saturated heterocycles. The lowest BCUT2D eigenvalue weighted by Gasteiger charge is -2.34. The summed E-state index contributed by atoms with van der Waals surface area (Å²) in [5, 5.41) is 0. The summed E-state index contributed by atoms with van der Waals surface area (Å²) in [6.07, 6.45) is 3.40. The molecule has 29 heavy (non-hydrogen) atoms. The molecule has 1 aromatic heterocycles. The van der Waals surface area contributed by atoms with E-state index in [9.17, 15) is 14.4 Å². The van der Waals surface area contributed by atoms with Gasteiger partial charge >= 0.3 is 0 Å². The van der Waals surface area contributed by atoms with Crippen LogP contribution in [0.5, 0.6) is 0 Å².